The van der Waals surface area contributed by atoms with Crippen LogP contribution < -0.4 is 0 Å². The molecular formula is C12H19N3OSi. The predicted octanol–water partition coefficient (Wildman–Crippen LogP) is 2.74. The third-order valence-electron chi connectivity index (χ3n) is 2.63. The third kappa shape index (κ3) is 3.37. The van der Waals surface area contributed by atoms with Gasteiger partial charge in [0.15, 0.2) is 0 Å². The van der Waals surface area contributed by atoms with Gasteiger partial charge in [-0.3, -0.25) is 0 Å². The van der Waals surface area contributed by atoms with Crippen LogP contribution in [0.5, 0.6) is 0 Å². The topological polar surface area (TPSA) is 39.9 Å². The van der Waals surface area contributed by atoms with Crippen LogP contribution in [0.15, 0.2) is 24.3 Å². The molecule has 0 atom stereocenters. The Labute approximate surface area is 103 Å². The summed E-state index contributed by atoms with van der Waals surface area (Å²) in [5.74, 6) is 0. The first-order valence-electron chi connectivity index (χ1n) is 5.92. The quantitative estimate of drug-likeness (QED) is 0.604. The Morgan fingerprint density at radius 1 is 1.24 bits per heavy atom. The lowest BCUT2D eigenvalue weighted by atomic mass is 10.3. The van der Waals surface area contributed by atoms with Gasteiger partial charge in [0.05, 0.1) is 5.52 Å². The minimum absolute atomic E-state index is 0.491. The molecule has 2 aromatic rings. The van der Waals surface area contributed by atoms with Crippen LogP contribution in [0.2, 0.25) is 25.7 Å². The van der Waals surface area contributed by atoms with Gasteiger partial charge in [0, 0.05) is 14.7 Å². The van der Waals surface area contributed by atoms with E-state index in [0.717, 1.165) is 17.6 Å². The second kappa shape index (κ2) is 4.97. The van der Waals surface area contributed by atoms with Crippen molar-refractivity contribution in [3.63, 3.8) is 0 Å². The summed E-state index contributed by atoms with van der Waals surface area (Å²) >= 11 is 0. The predicted molar refractivity (Wildman–Crippen MR) is 71.6 cm³/mol. The van der Waals surface area contributed by atoms with Gasteiger partial charge < -0.3 is 4.74 Å². The van der Waals surface area contributed by atoms with Gasteiger partial charge in [-0.2, -0.15) is 0 Å². The number of ether oxygens (including phenoxy) is 1. The van der Waals surface area contributed by atoms with Crippen molar-refractivity contribution in [2.45, 2.75) is 32.4 Å². The first-order valence-corrected chi connectivity index (χ1v) is 9.63. The normalized spacial score (nSPS) is 12.2. The third-order valence-corrected chi connectivity index (χ3v) is 4.33. The average molecular weight is 249 g/mol. The second-order valence-electron chi connectivity index (χ2n) is 5.43. The Bertz CT molecular complexity index is 490. The van der Waals surface area contributed by atoms with Gasteiger partial charge in [-0.15, -0.1) is 5.10 Å². The van der Waals surface area contributed by atoms with E-state index < -0.39 is 8.07 Å². The number of hydrogen-bond acceptors (Lipinski definition) is 3. The van der Waals surface area contributed by atoms with Crippen molar-refractivity contribution < 1.29 is 4.74 Å². The molecule has 0 unspecified atom stereocenters. The summed E-state index contributed by atoms with van der Waals surface area (Å²) in [5.41, 5.74) is 1.95. The van der Waals surface area contributed by atoms with E-state index in [1.807, 2.05) is 24.3 Å². The molecule has 0 aliphatic carbocycles. The van der Waals surface area contributed by atoms with Crippen LogP contribution in [-0.4, -0.2) is 29.7 Å². The van der Waals surface area contributed by atoms with Crippen LogP contribution in [0.3, 0.4) is 0 Å². The molecule has 5 heteroatoms. The van der Waals surface area contributed by atoms with Crippen LogP contribution in [0.25, 0.3) is 11.0 Å². The molecule has 0 aliphatic rings. The largest absolute Gasteiger partial charge is 0.359 e. The van der Waals surface area contributed by atoms with Crippen molar-refractivity contribution in [1.29, 1.82) is 0 Å². The molecule has 0 spiro atoms. The molecule has 0 aliphatic heterocycles. The Morgan fingerprint density at radius 3 is 2.76 bits per heavy atom. The fraction of sp³-hybridized carbons (Fsp3) is 0.500. The molecule has 0 radical (unpaired) electrons. The van der Waals surface area contributed by atoms with Crippen molar-refractivity contribution >= 4 is 19.1 Å². The van der Waals surface area contributed by atoms with Gasteiger partial charge in [0.2, 0.25) is 0 Å². The fourth-order valence-corrected chi connectivity index (χ4v) is 2.30. The maximum absolute atomic E-state index is 5.66. The minimum Gasteiger partial charge on any atom is -0.359 e. The Hall–Kier alpha value is -1.20. The summed E-state index contributed by atoms with van der Waals surface area (Å²) in [6, 6.07) is 9.11. The first-order chi connectivity index (χ1) is 8.06. The molecule has 0 saturated heterocycles. The first kappa shape index (κ1) is 12.3. The lowest BCUT2D eigenvalue weighted by Gasteiger charge is -2.15. The monoisotopic (exact) mass is 249 g/mol. The van der Waals surface area contributed by atoms with Crippen molar-refractivity contribution in [2.24, 2.45) is 0 Å². The zero-order valence-electron chi connectivity index (χ0n) is 10.7. The van der Waals surface area contributed by atoms with Gasteiger partial charge in [-0.05, 0) is 18.2 Å². The van der Waals surface area contributed by atoms with Crippen molar-refractivity contribution in [3.05, 3.63) is 24.3 Å². The summed E-state index contributed by atoms with van der Waals surface area (Å²) in [5, 5.41) is 8.17. The summed E-state index contributed by atoms with van der Waals surface area (Å²) in [6.07, 6.45) is 0. The minimum atomic E-state index is -1.00. The highest BCUT2D eigenvalue weighted by molar-refractivity contribution is 6.76. The number of nitrogens with zero attached hydrogens (tertiary/aromatic N) is 3. The van der Waals surface area contributed by atoms with Gasteiger partial charge in [-0.25, -0.2) is 4.68 Å². The molecule has 0 fully saturated rings. The van der Waals surface area contributed by atoms with Gasteiger partial charge in [-0.1, -0.05) is 37.0 Å². The molecule has 92 valence electrons. The van der Waals surface area contributed by atoms with Crippen molar-refractivity contribution in [2.75, 3.05) is 6.61 Å². The number of fused-ring (bicyclic) bond motifs is 1. The highest BCUT2D eigenvalue weighted by atomic mass is 28.3. The van der Waals surface area contributed by atoms with Gasteiger partial charge in [0.25, 0.3) is 0 Å². The molecular weight excluding hydrogens is 230 g/mol. The summed E-state index contributed by atoms with van der Waals surface area (Å²) < 4.78 is 7.46. The molecule has 2 rings (SSSR count). The highest BCUT2D eigenvalue weighted by Gasteiger charge is 2.12. The molecule has 0 N–H and O–H groups in total. The van der Waals surface area contributed by atoms with E-state index >= 15 is 0 Å². The molecule has 1 heterocycles. The Balaban J connectivity index is 1.91. The lowest BCUT2D eigenvalue weighted by Crippen LogP contribution is -2.22. The van der Waals surface area contributed by atoms with E-state index in [-0.39, 0.29) is 0 Å². The highest BCUT2D eigenvalue weighted by Crippen LogP contribution is 2.11. The van der Waals surface area contributed by atoms with Gasteiger partial charge >= 0.3 is 0 Å². The number of aromatic nitrogens is 3. The van der Waals surface area contributed by atoms with E-state index in [1.165, 1.54) is 6.04 Å². The van der Waals surface area contributed by atoms with Crippen LogP contribution in [-0.2, 0) is 11.5 Å². The molecule has 17 heavy (non-hydrogen) atoms. The standard InChI is InChI=1S/C12H19N3OSi/c1-17(2,3)9-8-16-10-15-12-7-5-4-6-11(12)13-14-15/h4-7H,8-10H2,1-3H3. The average Bonchev–Trinajstić information content (AvgIpc) is 2.67. The fourth-order valence-electron chi connectivity index (χ4n) is 1.54. The van der Waals surface area contributed by atoms with E-state index in [1.54, 1.807) is 4.68 Å². The number of para-hydroxylation sites is 1. The smallest absolute Gasteiger partial charge is 0.141 e. The lowest BCUT2D eigenvalue weighted by molar-refractivity contribution is 0.0803. The number of rotatable bonds is 5. The van der Waals surface area contributed by atoms with Crippen molar-refractivity contribution in [1.82, 2.24) is 15.0 Å². The van der Waals surface area contributed by atoms with Gasteiger partial charge in [0.1, 0.15) is 12.2 Å². The summed E-state index contributed by atoms with van der Waals surface area (Å²) in [7, 11) is -1.00. The van der Waals surface area contributed by atoms with E-state index in [2.05, 4.69) is 30.0 Å². The van der Waals surface area contributed by atoms with Crippen LogP contribution in [0, 0.1) is 0 Å². The van der Waals surface area contributed by atoms with Crippen LogP contribution in [0.1, 0.15) is 0 Å². The molecule has 4 nitrogen and oxygen atoms in total. The molecule has 0 bridgehead atoms. The van der Waals surface area contributed by atoms with Crippen molar-refractivity contribution in [3.8, 4) is 0 Å². The molecule has 0 amide bonds. The molecule has 1 aromatic heterocycles. The number of hydrogen-bond donors (Lipinski definition) is 0. The molecule has 1 aromatic carbocycles. The summed E-state index contributed by atoms with van der Waals surface area (Å²) in [6.45, 7) is 8.35. The van der Waals surface area contributed by atoms with Crippen LogP contribution >= 0.6 is 0 Å². The van der Waals surface area contributed by atoms with Crippen LogP contribution in [0.4, 0.5) is 0 Å². The second-order valence-corrected chi connectivity index (χ2v) is 11.0. The SMILES string of the molecule is C[Si](C)(C)CCOCn1nnc2ccccc21. The van der Waals surface area contributed by atoms with E-state index in [9.17, 15) is 0 Å². The summed E-state index contributed by atoms with van der Waals surface area (Å²) in [4.78, 5) is 0. The van der Waals surface area contributed by atoms with E-state index in [0.29, 0.717) is 6.73 Å². The zero-order valence-corrected chi connectivity index (χ0v) is 11.7. The maximum atomic E-state index is 5.66. The Kier molecular flexibility index (Phi) is 3.59. The van der Waals surface area contributed by atoms with E-state index in [4.69, 9.17) is 4.74 Å². The number of benzene rings is 1. The molecule has 0 saturated carbocycles. The maximum Gasteiger partial charge on any atom is 0.141 e. The Morgan fingerprint density at radius 2 is 2.00 bits per heavy atom. The zero-order chi connectivity index (χ0) is 12.3.